The zero-order chi connectivity index (χ0) is 18.3. The van der Waals surface area contributed by atoms with Crippen LogP contribution in [0, 0.1) is 0 Å². The van der Waals surface area contributed by atoms with E-state index in [1.165, 1.54) is 4.90 Å². The van der Waals surface area contributed by atoms with Crippen LogP contribution >= 0.6 is 0 Å². The van der Waals surface area contributed by atoms with Crippen molar-refractivity contribution in [3.63, 3.8) is 0 Å². The van der Waals surface area contributed by atoms with Crippen LogP contribution in [0.25, 0.3) is 0 Å². The maximum atomic E-state index is 13.0. The molecule has 2 amide bonds. The van der Waals surface area contributed by atoms with Gasteiger partial charge in [-0.3, -0.25) is 14.5 Å². The molecule has 4 heterocycles. The fourth-order valence-corrected chi connectivity index (χ4v) is 4.57. The number of nitrogens with zero attached hydrogens (tertiary/aromatic N) is 1. The van der Waals surface area contributed by atoms with Gasteiger partial charge in [0, 0.05) is 0 Å². The summed E-state index contributed by atoms with van der Waals surface area (Å²) in [5.74, 6) is -1.50. The maximum Gasteiger partial charge on any atom is 0.262 e. The standard InChI is InChI=1S/C19H21NO6/c1-4-19-9-23-17(26-19)12(13-14(19)25-18(2,3)24-13)20-15(21)10-7-5-6-8-11(10)16(20)22/h5-8,12-14,17H,4,9H2,1-3H3/t12-,13?,14-,17?,19+/m1/s1. The molecule has 26 heavy (non-hydrogen) atoms. The van der Waals surface area contributed by atoms with E-state index < -0.39 is 35.9 Å². The highest BCUT2D eigenvalue weighted by Gasteiger charge is 2.67. The highest BCUT2D eigenvalue weighted by Crippen LogP contribution is 2.49. The van der Waals surface area contributed by atoms with Crippen molar-refractivity contribution in [1.82, 2.24) is 4.90 Å². The van der Waals surface area contributed by atoms with Gasteiger partial charge in [0.05, 0.1) is 17.7 Å². The van der Waals surface area contributed by atoms with Crippen LogP contribution in [0.3, 0.4) is 0 Å². The molecule has 0 saturated carbocycles. The van der Waals surface area contributed by atoms with E-state index in [-0.39, 0.29) is 11.8 Å². The number of imide groups is 1. The van der Waals surface area contributed by atoms with Crippen molar-refractivity contribution in [2.75, 3.05) is 6.61 Å². The number of hydrogen-bond donors (Lipinski definition) is 0. The molecule has 1 aromatic rings. The summed E-state index contributed by atoms with van der Waals surface area (Å²) >= 11 is 0. The number of rotatable bonds is 2. The number of amides is 2. The summed E-state index contributed by atoms with van der Waals surface area (Å²) in [4.78, 5) is 27.2. The Balaban J connectivity index is 1.58. The Bertz CT molecular complexity index is 772. The molecule has 5 rings (SSSR count). The van der Waals surface area contributed by atoms with Crippen LogP contribution < -0.4 is 0 Å². The van der Waals surface area contributed by atoms with Gasteiger partial charge < -0.3 is 18.9 Å². The fraction of sp³-hybridized carbons (Fsp3) is 0.579. The first-order valence-electron chi connectivity index (χ1n) is 8.99. The van der Waals surface area contributed by atoms with E-state index in [2.05, 4.69) is 0 Å². The summed E-state index contributed by atoms with van der Waals surface area (Å²) in [7, 11) is 0. The molecule has 7 heteroatoms. The lowest BCUT2D eigenvalue weighted by Crippen LogP contribution is -2.64. The number of hydrogen-bond acceptors (Lipinski definition) is 6. The summed E-state index contributed by atoms with van der Waals surface area (Å²) in [5.41, 5.74) is 0.188. The zero-order valence-electron chi connectivity index (χ0n) is 14.9. The molecule has 7 nitrogen and oxygen atoms in total. The predicted molar refractivity (Wildman–Crippen MR) is 88.4 cm³/mol. The Morgan fingerprint density at radius 2 is 1.73 bits per heavy atom. The van der Waals surface area contributed by atoms with Gasteiger partial charge in [0.1, 0.15) is 23.9 Å². The zero-order valence-corrected chi connectivity index (χ0v) is 14.9. The third-order valence-corrected chi connectivity index (χ3v) is 5.83. The van der Waals surface area contributed by atoms with Crippen LogP contribution in [0.5, 0.6) is 0 Å². The van der Waals surface area contributed by atoms with Crippen molar-refractivity contribution in [3.05, 3.63) is 35.4 Å². The summed E-state index contributed by atoms with van der Waals surface area (Å²) in [6.45, 7) is 6.04. The van der Waals surface area contributed by atoms with Gasteiger partial charge in [-0.2, -0.15) is 0 Å². The largest absolute Gasteiger partial charge is 0.347 e. The lowest BCUT2D eigenvalue weighted by molar-refractivity contribution is -0.206. The van der Waals surface area contributed by atoms with E-state index in [9.17, 15) is 9.59 Å². The van der Waals surface area contributed by atoms with Crippen molar-refractivity contribution in [1.29, 1.82) is 0 Å². The van der Waals surface area contributed by atoms with Gasteiger partial charge in [0.25, 0.3) is 11.8 Å². The Morgan fingerprint density at radius 3 is 2.35 bits per heavy atom. The Hall–Kier alpha value is -1.80. The second-order valence-corrected chi connectivity index (χ2v) is 7.75. The van der Waals surface area contributed by atoms with Gasteiger partial charge in [0.15, 0.2) is 12.1 Å². The summed E-state index contributed by atoms with van der Waals surface area (Å²) in [6.07, 6.45) is -0.918. The molecule has 2 bridgehead atoms. The van der Waals surface area contributed by atoms with E-state index in [0.29, 0.717) is 24.2 Å². The first-order valence-corrected chi connectivity index (χ1v) is 8.99. The smallest absolute Gasteiger partial charge is 0.262 e. The molecule has 3 fully saturated rings. The van der Waals surface area contributed by atoms with Crippen LogP contribution in [0.1, 0.15) is 47.9 Å². The predicted octanol–water partition coefficient (Wildman–Crippen LogP) is 1.71. The number of carbonyl (C=O) groups is 2. The van der Waals surface area contributed by atoms with E-state index in [4.69, 9.17) is 18.9 Å². The Kier molecular flexibility index (Phi) is 3.23. The molecule has 0 aliphatic carbocycles. The van der Waals surface area contributed by atoms with Gasteiger partial charge in [-0.15, -0.1) is 0 Å². The Morgan fingerprint density at radius 1 is 1.08 bits per heavy atom. The minimum atomic E-state index is -0.817. The number of benzene rings is 1. The maximum absolute atomic E-state index is 13.0. The molecule has 0 N–H and O–H groups in total. The quantitative estimate of drug-likeness (QED) is 0.749. The van der Waals surface area contributed by atoms with Crippen molar-refractivity contribution in [2.24, 2.45) is 0 Å². The van der Waals surface area contributed by atoms with Gasteiger partial charge in [-0.05, 0) is 32.4 Å². The van der Waals surface area contributed by atoms with E-state index >= 15 is 0 Å². The molecular weight excluding hydrogens is 338 g/mol. The van der Waals surface area contributed by atoms with E-state index in [0.717, 1.165) is 0 Å². The Labute approximate surface area is 151 Å². The van der Waals surface area contributed by atoms with Gasteiger partial charge >= 0.3 is 0 Å². The summed E-state index contributed by atoms with van der Waals surface area (Å²) in [6, 6.07) is 6.15. The fourth-order valence-electron chi connectivity index (χ4n) is 4.57. The van der Waals surface area contributed by atoms with Crippen LogP contribution in [0.4, 0.5) is 0 Å². The average Bonchev–Trinajstić information content (AvgIpc) is 3.24. The minimum Gasteiger partial charge on any atom is -0.347 e. The molecule has 3 saturated heterocycles. The minimum absolute atomic E-state index is 0.342. The van der Waals surface area contributed by atoms with Gasteiger partial charge in [-0.1, -0.05) is 19.1 Å². The van der Waals surface area contributed by atoms with Crippen molar-refractivity contribution < 1.29 is 28.5 Å². The second kappa shape index (κ2) is 5.13. The van der Waals surface area contributed by atoms with Crippen LogP contribution in [-0.2, 0) is 18.9 Å². The molecule has 5 atom stereocenters. The second-order valence-electron chi connectivity index (χ2n) is 7.75. The van der Waals surface area contributed by atoms with Crippen LogP contribution in [-0.4, -0.2) is 59.2 Å². The SMILES string of the molecule is CC[C@@]12COC(O1)[C@H](N1C(=O)c3ccccc3C1=O)C1OC(C)(C)O[C@H]12. The highest BCUT2D eigenvalue weighted by atomic mass is 16.8. The molecule has 2 unspecified atom stereocenters. The highest BCUT2D eigenvalue weighted by molar-refractivity contribution is 6.21. The monoisotopic (exact) mass is 359 g/mol. The molecule has 138 valence electrons. The molecule has 0 radical (unpaired) electrons. The number of fused-ring (bicyclic) bond motifs is 5. The van der Waals surface area contributed by atoms with Crippen molar-refractivity contribution in [2.45, 2.75) is 63.1 Å². The first kappa shape index (κ1) is 16.4. The topological polar surface area (TPSA) is 74.3 Å². The molecule has 4 aliphatic heterocycles. The third kappa shape index (κ3) is 1.97. The summed E-state index contributed by atoms with van der Waals surface area (Å²) in [5, 5.41) is 0. The van der Waals surface area contributed by atoms with Crippen molar-refractivity contribution in [3.8, 4) is 0 Å². The molecule has 0 spiro atoms. The third-order valence-electron chi connectivity index (χ3n) is 5.83. The number of ether oxygens (including phenoxy) is 4. The lowest BCUT2D eigenvalue weighted by Gasteiger charge is -2.44. The van der Waals surface area contributed by atoms with Gasteiger partial charge in [0.2, 0.25) is 0 Å². The van der Waals surface area contributed by atoms with Crippen LogP contribution in [0.2, 0.25) is 0 Å². The first-order chi connectivity index (χ1) is 12.4. The molecule has 1 aromatic carbocycles. The van der Waals surface area contributed by atoms with Crippen LogP contribution in [0.15, 0.2) is 24.3 Å². The van der Waals surface area contributed by atoms with E-state index in [1.54, 1.807) is 24.3 Å². The molecule has 4 aliphatic rings. The lowest BCUT2D eigenvalue weighted by atomic mass is 9.85. The molecular formula is C19H21NO6. The normalized spacial score (nSPS) is 40.0. The van der Waals surface area contributed by atoms with Crippen molar-refractivity contribution >= 4 is 11.8 Å². The van der Waals surface area contributed by atoms with Gasteiger partial charge in [-0.25, -0.2) is 0 Å². The number of carbonyl (C=O) groups excluding carboxylic acids is 2. The average molecular weight is 359 g/mol. The molecule has 0 aromatic heterocycles. The summed E-state index contributed by atoms with van der Waals surface area (Å²) < 4.78 is 24.3. The van der Waals surface area contributed by atoms with E-state index in [1.807, 2.05) is 20.8 Å².